The number of nitrogens with one attached hydrogen (secondary N) is 1. The minimum absolute atomic E-state index is 0.0407. The molecule has 2 heterocycles. The first kappa shape index (κ1) is 19.6. The van der Waals surface area contributed by atoms with Gasteiger partial charge in [-0.15, -0.1) is 0 Å². The number of halogens is 1. The van der Waals surface area contributed by atoms with Gasteiger partial charge in [0, 0.05) is 26.2 Å². The summed E-state index contributed by atoms with van der Waals surface area (Å²) >= 11 is 6.19. The van der Waals surface area contributed by atoms with Gasteiger partial charge < -0.3 is 10.2 Å². The molecule has 0 radical (unpaired) electrons. The summed E-state index contributed by atoms with van der Waals surface area (Å²) < 4.78 is 0. The molecule has 150 valence electrons. The summed E-state index contributed by atoms with van der Waals surface area (Å²) in [6, 6.07) is 14.4. The minimum Gasteiger partial charge on any atom is -0.353 e. The van der Waals surface area contributed by atoms with Crippen molar-refractivity contribution < 1.29 is 4.79 Å². The molecule has 0 saturated carbocycles. The highest BCUT2D eigenvalue weighted by Crippen LogP contribution is 2.24. The van der Waals surface area contributed by atoms with Crippen LogP contribution < -0.4 is 10.2 Å². The molecule has 29 heavy (non-hydrogen) atoms. The lowest BCUT2D eigenvalue weighted by Crippen LogP contribution is -2.50. The predicted molar refractivity (Wildman–Crippen MR) is 116 cm³/mol. The third-order valence-corrected chi connectivity index (χ3v) is 5.62. The van der Waals surface area contributed by atoms with E-state index in [-0.39, 0.29) is 11.9 Å². The molecule has 1 aliphatic heterocycles. The number of nitrogens with zero attached hydrogens (tertiary/aromatic N) is 4. The Balaban J connectivity index is 1.33. The van der Waals surface area contributed by atoms with Crippen LogP contribution in [0.4, 0.5) is 5.82 Å². The second kappa shape index (κ2) is 8.76. The summed E-state index contributed by atoms with van der Waals surface area (Å²) in [5.74, 6) is 0.800. The van der Waals surface area contributed by atoms with Crippen LogP contribution in [0.3, 0.4) is 0 Å². The van der Waals surface area contributed by atoms with Gasteiger partial charge in [0.2, 0.25) is 5.91 Å². The summed E-state index contributed by atoms with van der Waals surface area (Å²) in [6.45, 7) is 5.56. The molecule has 1 atom stereocenters. The molecule has 0 bridgehead atoms. The average molecular weight is 410 g/mol. The van der Waals surface area contributed by atoms with Crippen LogP contribution in [-0.4, -0.2) is 53.5 Å². The van der Waals surface area contributed by atoms with E-state index in [1.165, 1.54) is 17.1 Å². The number of anilines is 1. The van der Waals surface area contributed by atoms with Crippen molar-refractivity contribution in [1.29, 1.82) is 0 Å². The van der Waals surface area contributed by atoms with E-state index in [0.717, 1.165) is 37.6 Å². The summed E-state index contributed by atoms with van der Waals surface area (Å²) in [5, 5.41) is 6.07. The monoisotopic (exact) mass is 409 g/mol. The molecular weight excluding hydrogens is 386 g/mol. The quantitative estimate of drug-likeness (QED) is 0.700. The second-order valence-corrected chi connectivity index (χ2v) is 7.72. The third kappa shape index (κ3) is 4.49. The highest BCUT2D eigenvalue weighted by molar-refractivity contribution is 6.32. The molecule has 1 N–H and O–H groups in total. The zero-order chi connectivity index (χ0) is 20.2. The zero-order valence-electron chi connectivity index (χ0n) is 16.4. The van der Waals surface area contributed by atoms with Crippen LogP contribution >= 0.6 is 11.6 Å². The Morgan fingerprint density at radius 3 is 2.69 bits per heavy atom. The van der Waals surface area contributed by atoms with Crippen molar-refractivity contribution in [2.45, 2.75) is 13.0 Å². The summed E-state index contributed by atoms with van der Waals surface area (Å²) in [6.07, 6.45) is 3.12. The van der Waals surface area contributed by atoms with Crippen LogP contribution in [0, 0.1) is 0 Å². The van der Waals surface area contributed by atoms with Crippen molar-refractivity contribution in [3.05, 3.63) is 65.6 Å². The number of rotatable bonds is 5. The molecule has 1 amide bonds. The topological polar surface area (TPSA) is 61.4 Å². The molecular formula is C22H24ClN5O. The van der Waals surface area contributed by atoms with E-state index in [1.807, 2.05) is 25.1 Å². The van der Waals surface area contributed by atoms with Crippen LogP contribution in [-0.2, 0) is 4.79 Å². The van der Waals surface area contributed by atoms with Crippen molar-refractivity contribution in [2.75, 3.05) is 37.6 Å². The molecule has 1 fully saturated rings. The van der Waals surface area contributed by atoms with Crippen LogP contribution in [0.2, 0.25) is 5.02 Å². The molecule has 0 aliphatic carbocycles. The van der Waals surface area contributed by atoms with Gasteiger partial charge in [0.25, 0.3) is 0 Å². The smallest absolute Gasteiger partial charge is 0.234 e. The van der Waals surface area contributed by atoms with Crippen LogP contribution in [0.1, 0.15) is 18.5 Å². The summed E-state index contributed by atoms with van der Waals surface area (Å²) in [4.78, 5) is 25.1. The summed E-state index contributed by atoms with van der Waals surface area (Å²) in [5.41, 5.74) is 1.14. The maximum Gasteiger partial charge on any atom is 0.234 e. The van der Waals surface area contributed by atoms with Gasteiger partial charge in [-0.1, -0.05) is 54.1 Å². The van der Waals surface area contributed by atoms with E-state index in [9.17, 15) is 4.79 Å². The normalized spacial score (nSPS) is 16.0. The molecule has 4 rings (SSSR count). The Morgan fingerprint density at radius 1 is 1.14 bits per heavy atom. The third-order valence-electron chi connectivity index (χ3n) is 5.35. The SMILES string of the molecule is CC(NC(=O)CN1CCN(c2ncncc2Cl)CC1)c1cccc2ccccc12. The summed E-state index contributed by atoms with van der Waals surface area (Å²) in [7, 11) is 0. The van der Waals surface area contributed by atoms with E-state index < -0.39 is 0 Å². The van der Waals surface area contributed by atoms with E-state index in [4.69, 9.17) is 11.6 Å². The lowest BCUT2D eigenvalue weighted by molar-refractivity contribution is -0.123. The number of hydrogen-bond donors (Lipinski definition) is 1. The fourth-order valence-electron chi connectivity index (χ4n) is 3.85. The van der Waals surface area contributed by atoms with Gasteiger partial charge in [-0.3, -0.25) is 9.69 Å². The van der Waals surface area contributed by atoms with Crippen molar-refractivity contribution >= 4 is 34.1 Å². The molecule has 1 saturated heterocycles. The Bertz CT molecular complexity index is 998. The molecule has 7 heteroatoms. The number of carbonyl (C=O) groups excluding carboxylic acids is 1. The van der Waals surface area contributed by atoms with Crippen LogP contribution in [0.5, 0.6) is 0 Å². The highest BCUT2D eigenvalue weighted by atomic mass is 35.5. The first-order chi connectivity index (χ1) is 14.1. The van der Waals surface area contributed by atoms with Gasteiger partial charge in [-0.2, -0.15) is 0 Å². The van der Waals surface area contributed by atoms with Gasteiger partial charge in [0.1, 0.15) is 11.3 Å². The number of piperazine rings is 1. The Kier molecular flexibility index (Phi) is 5.92. The molecule has 2 aromatic carbocycles. The van der Waals surface area contributed by atoms with Crippen molar-refractivity contribution in [3.63, 3.8) is 0 Å². The minimum atomic E-state index is -0.0466. The first-order valence-electron chi connectivity index (χ1n) is 9.81. The van der Waals surface area contributed by atoms with Crippen molar-refractivity contribution in [1.82, 2.24) is 20.2 Å². The number of amides is 1. The highest BCUT2D eigenvalue weighted by Gasteiger charge is 2.22. The zero-order valence-corrected chi connectivity index (χ0v) is 17.1. The fourth-order valence-corrected chi connectivity index (χ4v) is 4.08. The van der Waals surface area contributed by atoms with Crippen molar-refractivity contribution in [2.24, 2.45) is 0 Å². The van der Waals surface area contributed by atoms with E-state index in [1.54, 1.807) is 6.20 Å². The van der Waals surface area contributed by atoms with E-state index in [2.05, 4.69) is 49.4 Å². The average Bonchev–Trinajstić information content (AvgIpc) is 2.74. The molecule has 1 unspecified atom stereocenters. The Labute approximate surface area is 175 Å². The van der Waals surface area contributed by atoms with Gasteiger partial charge >= 0.3 is 0 Å². The molecule has 3 aromatic rings. The van der Waals surface area contributed by atoms with Gasteiger partial charge in [-0.05, 0) is 23.3 Å². The number of carbonyl (C=O) groups is 1. The second-order valence-electron chi connectivity index (χ2n) is 7.32. The van der Waals surface area contributed by atoms with E-state index >= 15 is 0 Å². The maximum absolute atomic E-state index is 12.6. The predicted octanol–water partition coefficient (Wildman–Crippen LogP) is 3.28. The largest absolute Gasteiger partial charge is 0.353 e. The Hall–Kier alpha value is -2.70. The Morgan fingerprint density at radius 2 is 1.90 bits per heavy atom. The van der Waals surface area contributed by atoms with Crippen LogP contribution in [0.15, 0.2) is 55.0 Å². The number of fused-ring (bicyclic) bond motifs is 1. The number of benzene rings is 2. The van der Waals surface area contributed by atoms with Crippen molar-refractivity contribution in [3.8, 4) is 0 Å². The van der Waals surface area contributed by atoms with Gasteiger partial charge in [0.05, 0.1) is 18.8 Å². The lowest BCUT2D eigenvalue weighted by atomic mass is 10.00. The standard InChI is InChI=1S/C22H24ClN5O/c1-16(18-8-4-6-17-5-2-3-7-19(17)18)26-21(29)14-27-9-11-28(12-10-27)22-20(23)13-24-15-25-22/h2-8,13,15-16H,9-12,14H2,1H3,(H,26,29). The molecule has 0 spiro atoms. The van der Waals surface area contributed by atoms with Gasteiger partial charge in [0.15, 0.2) is 5.82 Å². The molecule has 6 nitrogen and oxygen atoms in total. The number of hydrogen-bond acceptors (Lipinski definition) is 5. The maximum atomic E-state index is 12.6. The van der Waals surface area contributed by atoms with Crippen LogP contribution in [0.25, 0.3) is 10.8 Å². The number of aromatic nitrogens is 2. The van der Waals surface area contributed by atoms with Gasteiger partial charge in [-0.25, -0.2) is 9.97 Å². The van der Waals surface area contributed by atoms with E-state index in [0.29, 0.717) is 11.6 Å². The molecule has 1 aliphatic rings. The molecule has 1 aromatic heterocycles. The fraction of sp³-hybridized carbons (Fsp3) is 0.318. The first-order valence-corrected chi connectivity index (χ1v) is 10.2. The lowest BCUT2D eigenvalue weighted by Gasteiger charge is -2.35.